The van der Waals surface area contributed by atoms with E-state index in [-0.39, 0.29) is 0 Å². The molecule has 56 valence electrons. The summed E-state index contributed by atoms with van der Waals surface area (Å²) in [6.07, 6.45) is 1.91. The minimum atomic E-state index is 0.527. The molecule has 0 bridgehead atoms. The van der Waals surface area contributed by atoms with E-state index >= 15 is 0 Å². The number of aromatic nitrogens is 2. The van der Waals surface area contributed by atoms with Gasteiger partial charge in [0.15, 0.2) is 0 Å². The van der Waals surface area contributed by atoms with Gasteiger partial charge in [0.25, 0.3) is 0 Å². The molecule has 2 nitrogen and oxygen atoms in total. The first-order valence-corrected chi connectivity index (χ1v) is 3.61. The molecule has 0 unspecified atom stereocenters. The molecule has 1 aromatic heterocycles. The van der Waals surface area contributed by atoms with Gasteiger partial charge in [-0.2, -0.15) is 0 Å². The van der Waals surface area contributed by atoms with Crippen molar-refractivity contribution in [2.75, 3.05) is 0 Å². The molecule has 0 aliphatic rings. The third-order valence-corrected chi connectivity index (χ3v) is 1.77. The van der Waals surface area contributed by atoms with E-state index in [9.17, 15) is 0 Å². The van der Waals surface area contributed by atoms with E-state index in [0.717, 1.165) is 5.82 Å². The van der Waals surface area contributed by atoms with E-state index in [1.807, 2.05) is 6.20 Å². The average Bonchev–Trinajstić information content (AvgIpc) is 2.14. The Balaban J connectivity index is 3.05. The minimum Gasteiger partial charge on any atom is -0.335 e. The lowest BCUT2D eigenvalue weighted by atomic mass is 10.2. The molecule has 2 heteroatoms. The van der Waals surface area contributed by atoms with Gasteiger partial charge in [-0.05, 0) is 6.92 Å². The fourth-order valence-electron chi connectivity index (χ4n) is 1.05. The normalized spacial score (nSPS) is 10.9. The van der Waals surface area contributed by atoms with Crippen LogP contribution in [0, 0.1) is 6.92 Å². The predicted molar refractivity (Wildman–Crippen MR) is 42.0 cm³/mol. The molecule has 0 spiro atoms. The maximum Gasteiger partial charge on any atom is 0.111 e. The summed E-state index contributed by atoms with van der Waals surface area (Å²) < 4.78 is 2.13. The van der Waals surface area contributed by atoms with Crippen molar-refractivity contribution in [1.29, 1.82) is 0 Å². The molecule has 10 heavy (non-hydrogen) atoms. The topological polar surface area (TPSA) is 17.8 Å². The monoisotopic (exact) mass is 138 g/mol. The molecule has 0 saturated carbocycles. The fraction of sp³-hybridized carbons (Fsp3) is 0.625. The lowest BCUT2D eigenvalue weighted by Gasteiger charge is -2.04. The van der Waals surface area contributed by atoms with E-state index in [1.54, 1.807) is 0 Å². The number of imidazole rings is 1. The first kappa shape index (κ1) is 7.32. The van der Waals surface area contributed by atoms with Gasteiger partial charge in [0.1, 0.15) is 5.82 Å². The van der Waals surface area contributed by atoms with E-state index < -0.39 is 0 Å². The number of rotatable bonds is 1. The molecule has 0 fully saturated rings. The minimum absolute atomic E-state index is 0.527. The summed E-state index contributed by atoms with van der Waals surface area (Å²) in [5.74, 6) is 1.69. The second-order valence-corrected chi connectivity index (χ2v) is 2.97. The van der Waals surface area contributed by atoms with Gasteiger partial charge >= 0.3 is 0 Å². The number of hydrogen-bond acceptors (Lipinski definition) is 1. The maximum atomic E-state index is 4.28. The van der Waals surface area contributed by atoms with Gasteiger partial charge in [-0.3, -0.25) is 0 Å². The first-order chi connectivity index (χ1) is 4.63. The van der Waals surface area contributed by atoms with Crippen molar-refractivity contribution in [3.05, 3.63) is 17.7 Å². The lowest BCUT2D eigenvalue weighted by molar-refractivity contribution is 0.700. The Morgan fingerprint density at radius 2 is 2.10 bits per heavy atom. The second kappa shape index (κ2) is 2.45. The molecule has 1 heterocycles. The Labute approximate surface area is 61.9 Å². The largest absolute Gasteiger partial charge is 0.335 e. The molecular weight excluding hydrogens is 124 g/mol. The highest BCUT2D eigenvalue weighted by Gasteiger charge is 2.05. The molecule has 0 aliphatic heterocycles. The van der Waals surface area contributed by atoms with E-state index in [0.29, 0.717) is 5.92 Å². The molecule has 0 saturated heterocycles. The summed E-state index contributed by atoms with van der Waals surface area (Å²) in [6.45, 7) is 6.38. The van der Waals surface area contributed by atoms with Crippen molar-refractivity contribution in [3.8, 4) is 0 Å². The summed E-state index contributed by atoms with van der Waals surface area (Å²) in [6, 6.07) is 0. The van der Waals surface area contributed by atoms with E-state index in [2.05, 4.69) is 37.4 Å². The smallest absolute Gasteiger partial charge is 0.111 e. The quantitative estimate of drug-likeness (QED) is 0.579. The van der Waals surface area contributed by atoms with Crippen LogP contribution in [0.4, 0.5) is 0 Å². The van der Waals surface area contributed by atoms with Crippen molar-refractivity contribution >= 4 is 0 Å². The fourth-order valence-corrected chi connectivity index (χ4v) is 1.05. The Hall–Kier alpha value is -0.790. The SMILES string of the molecule is Cc1cnc(C(C)C)n1C. The number of nitrogens with zero attached hydrogens (tertiary/aromatic N) is 2. The molecule has 0 atom stereocenters. The Morgan fingerprint density at radius 1 is 1.50 bits per heavy atom. The summed E-state index contributed by atoms with van der Waals surface area (Å²) in [5.41, 5.74) is 1.23. The standard InChI is InChI=1S/C8H14N2/c1-6(2)8-9-5-7(3)10(8)4/h5-6H,1-4H3. The van der Waals surface area contributed by atoms with Crippen LogP contribution in [0.3, 0.4) is 0 Å². The van der Waals surface area contributed by atoms with Gasteiger partial charge in [0, 0.05) is 24.9 Å². The second-order valence-electron chi connectivity index (χ2n) is 2.97. The van der Waals surface area contributed by atoms with Crippen molar-refractivity contribution < 1.29 is 0 Å². The Kier molecular flexibility index (Phi) is 1.79. The van der Waals surface area contributed by atoms with Crippen LogP contribution in [0.25, 0.3) is 0 Å². The van der Waals surface area contributed by atoms with Crippen LogP contribution in [-0.4, -0.2) is 9.55 Å². The van der Waals surface area contributed by atoms with Crippen LogP contribution in [0.15, 0.2) is 6.20 Å². The Bertz CT molecular complexity index is 223. The van der Waals surface area contributed by atoms with Crippen LogP contribution >= 0.6 is 0 Å². The highest BCUT2D eigenvalue weighted by molar-refractivity contribution is 5.05. The third kappa shape index (κ3) is 1.06. The molecule has 1 rings (SSSR count). The molecular formula is C8H14N2. The zero-order chi connectivity index (χ0) is 7.72. The predicted octanol–water partition coefficient (Wildman–Crippen LogP) is 1.85. The molecule has 0 amide bonds. The highest BCUT2D eigenvalue weighted by Crippen LogP contribution is 2.12. The summed E-state index contributed by atoms with van der Waals surface area (Å²) >= 11 is 0. The van der Waals surface area contributed by atoms with Crippen molar-refractivity contribution in [3.63, 3.8) is 0 Å². The first-order valence-electron chi connectivity index (χ1n) is 3.61. The average molecular weight is 138 g/mol. The van der Waals surface area contributed by atoms with Crippen molar-refractivity contribution in [1.82, 2.24) is 9.55 Å². The van der Waals surface area contributed by atoms with Gasteiger partial charge < -0.3 is 4.57 Å². The van der Waals surface area contributed by atoms with Gasteiger partial charge in [0.2, 0.25) is 0 Å². The van der Waals surface area contributed by atoms with Crippen molar-refractivity contribution in [2.24, 2.45) is 7.05 Å². The van der Waals surface area contributed by atoms with Gasteiger partial charge in [-0.1, -0.05) is 13.8 Å². The number of hydrogen-bond donors (Lipinski definition) is 0. The molecule has 0 radical (unpaired) electrons. The highest BCUT2D eigenvalue weighted by atomic mass is 15.1. The van der Waals surface area contributed by atoms with Crippen LogP contribution < -0.4 is 0 Å². The summed E-state index contributed by atoms with van der Waals surface area (Å²) in [7, 11) is 2.05. The lowest BCUT2D eigenvalue weighted by Crippen LogP contribution is -2.00. The third-order valence-electron chi connectivity index (χ3n) is 1.77. The van der Waals surface area contributed by atoms with Gasteiger partial charge in [0.05, 0.1) is 0 Å². The van der Waals surface area contributed by atoms with Gasteiger partial charge in [-0.25, -0.2) is 4.98 Å². The van der Waals surface area contributed by atoms with Gasteiger partial charge in [-0.15, -0.1) is 0 Å². The zero-order valence-corrected chi connectivity index (χ0v) is 7.05. The zero-order valence-electron chi connectivity index (χ0n) is 7.05. The Morgan fingerprint density at radius 3 is 2.30 bits per heavy atom. The van der Waals surface area contributed by atoms with Crippen LogP contribution in [0.5, 0.6) is 0 Å². The van der Waals surface area contributed by atoms with E-state index in [1.165, 1.54) is 5.69 Å². The van der Waals surface area contributed by atoms with Crippen LogP contribution in [-0.2, 0) is 7.05 Å². The molecule has 0 aliphatic carbocycles. The molecule has 0 aromatic carbocycles. The van der Waals surface area contributed by atoms with Crippen LogP contribution in [0.2, 0.25) is 0 Å². The maximum absolute atomic E-state index is 4.28. The number of aryl methyl sites for hydroxylation is 1. The molecule has 1 aromatic rings. The van der Waals surface area contributed by atoms with Crippen molar-refractivity contribution in [2.45, 2.75) is 26.7 Å². The summed E-state index contributed by atoms with van der Waals surface area (Å²) in [4.78, 5) is 4.28. The summed E-state index contributed by atoms with van der Waals surface area (Å²) in [5, 5.41) is 0. The van der Waals surface area contributed by atoms with E-state index in [4.69, 9.17) is 0 Å². The van der Waals surface area contributed by atoms with Crippen LogP contribution in [0.1, 0.15) is 31.3 Å². The molecule has 0 N–H and O–H groups in total.